The van der Waals surface area contributed by atoms with E-state index in [-0.39, 0.29) is 12.5 Å². The van der Waals surface area contributed by atoms with Crippen LogP contribution in [0.5, 0.6) is 0 Å². The van der Waals surface area contributed by atoms with Crippen LogP contribution >= 0.6 is 11.3 Å². The number of amides is 1. The Morgan fingerprint density at radius 3 is 2.69 bits per heavy atom. The fraction of sp³-hybridized carbons (Fsp3) is 0.238. The number of hydrogen-bond donors (Lipinski definition) is 1. The third-order valence-corrected chi connectivity index (χ3v) is 5.82. The highest BCUT2D eigenvalue weighted by molar-refractivity contribution is 7.22. The molecule has 1 amide bonds. The lowest BCUT2D eigenvalue weighted by atomic mass is 10.2. The minimum atomic E-state index is -0.0747. The third-order valence-electron chi connectivity index (χ3n) is 4.56. The summed E-state index contributed by atoms with van der Waals surface area (Å²) in [4.78, 5) is 23.1. The number of carbonyl (C=O) groups is 1. The molecule has 1 N–H and O–H groups in total. The molecule has 0 saturated heterocycles. The van der Waals surface area contributed by atoms with E-state index in [9.17, 15) is 4.79 Å². The van der Waals surface area contributed by atoms with Crippen molar-refractivity contribution in [3.8, 4) is 5.69 Å². The Kier molecular flexibility index (Phi) is 5.26. The quantitative estimate of drug-likeness (QED) is 0.532. The van der Waals surface area contributed by atoms with Crippen LogP contribution in [0.4, 0.5) is 5.13 Å². The van der Waals surface area contributed by atoms with Gasteiger partial charge >= 0.3 is 0 Å². The van der Waals surface area contributed by atoms with Crippen LogP contribution in [0.15, 0.2) is 48.7 Å². The molecule has 3 aromatic heterocycles. The first-order valence-corrected chi connectivity index (χ1v) is 10.1. The number of hydrogen-bond acceptors (Lipinski definition) is 6. The van der Waals surface area contributed by atoms with Gasteiger partial charge in [-0.25, -0.2) is 4.68 Å². The minimum Gasteiger partial charge on any atom is -0.349 e. The van der Waals surface area contributed by atoms with Gasteiger partial charge in [-0.2, -0.15) is 10.1 Å². The van der Waals surface area contributed by atoms with Crippen molar-refractivity contribution in [3.63, 3.8) is 0 Å². The number of rotatable bonds is 6. The van der Waals surface area contributed by atoms with E-state index < -0.39 is 0 Å². The highest BCUT2D eigenvalue weighted by Crippen LogP contribution is 2.32. The Morgan fingerprint density at radius 2 is 1.97 bits per heavy atom. The van der Waals surface area contributed by atoms with Gasteiger partial charge in [0.05, 0.1) is 34.9 Å². The Morgan fingerprint density at radius 1 is 1.17 bits per heavy atom. The average Bonchev–Trinajstić information content (AvgIpc) is 3.29. The number of thiazole rings is 1. The number of fused-ring (bicyclic) bond motifs is 1. The summed E-state index contributed by atoms with van der Waals surface area (Å²) in [6.07, 6.45) is 1.72. The van der Waals surface area contributed by atoms with Crippen LogP contribution in [-0.2, 0) is 11.3 Å². The van der Waals surface area contributed by atoms with E-state index >= 15 is 0 Å². The third kappa shape index (κ3) is 4.12. The van der Waals surface area contributed by atoms with Crippen molar-refractivity contribution < 1.29 is 4.79 Å². The molecule has 0 aliphatic heterocycles. The van der Waals surface area contributed by atoms with Crippen molar-refractivity contribution in [3.05, 3.63) is 65.6 Å². The molecule has 0 atom stereocenters. The van der Waals surface area contributed by atoms with Crippen molar-refractivity contribution in [1.29, 1.82) is 0 Å². The van der Waals surface area contributed by atoms with Crippen LogP contribution in [0.25, 0.3) is 16.0 Å². The normalized spacial score (nSPS) is 11.0. The number of aryl methyl sites for hydroxylation is 2. The van der Waals surface area contributed by atoms with E-state index in [0.717, 1.165) is 32.6 Å². The van der Waals surface area contributed by atoms with Crippen molar-refractivity contribution in [2.45, 2.75) is 20.4 Å². The molecule has 0 aliphatic rings. The molecule has 0 aliphatic carbocycles. The highest BCUT2D eigenvalue weighted by atomic mass is 32.1. The topological polar surface area (TPSA) is 75.9 Å². The average molecular weight is 407 g/mol. The first kappa shape index (κ1) is 19.1. The molecule has 7 nitrogen and oxygen atoms in total. The molecule has 4 aromatic rings. The predicted octanol–water partition coefficient (Wildman–Crippen LogP) is 3.25. The second kappa shape index (κ2) is 8.00. The summed E-state index contributed by atoms with van der Waals surface area (Å²) in [5, 5.41) is 8.32. The molecule has 0 radical (unpaired) electrons. The number of likely N-dealkylation sites (N-methyl/N-ethyl adjacent to an activating group) is 1. The van der Waals surface area contributed by atoms with E-state index in [1.807, 2.05) is 53.9 Å². The summed E-state index contributed by atoms with van der Waals surface area (Å²) < 4.78 is 2.89. The molecule has 0 spiro atoms. The largest absolute Gasteiger partial charge is 0.349 e. The summed E-state index contributed by atoms with van der Waals surface area (Å²) >= 11 is 1.55. The van der Waals surface area contributed by atoms with Gasteiger partial charge in [-0.1, -0.05) is 35.1 Å². The molecule has 148 valence electrons. The summed E-state index contributed by atoms with van der Waals surface area (Å²) in [5.74, 6) is -0.0747. The van der Waals surface area contributed by atoms with Gasteiger partial charge in [0.1, 0.15) is 0 Å². The first-order chi connectivity index (χ1) is 14.0. The lowest BCUT2D eigenvalue weighted by molar-refractivity contribution is -0.119. The number of nitrogens with zero attached hydrogens (tertiary/aromatic N) is 5. The molecule has 1 aromatic carbocycles. The zero-order valence-electron chi connectivity index (χ0n) is 16.6. The van der Waals surface area contributed by atoms with Crippen LogP contribution in [0, 0.1) is 13.8 Å². The Hall–Kier alpha value is -3.26. The molecule has 0 unspecified atom stereocenters. The molecule has 29 heavy (non-hydrogen) atoms. The standard InChI is InChI=1S/C21H22N6OS/c1-14-7-9-17(10-8-14)27-20-19(15(2)25-27)29-21(24-20)26(3)13-18(28)23-12-16-6-4-5-11-22-16/h4-11H,12-13H2,1-3H3,(H,23,28). The summed E-state index contributed by atoms with van der Waals surface area (Å²) in [5.41, 5.74) is 4.74. The van der Waals surface area contributed by atoms with E-state index in [1.165, 1.54) is 5.56 Å². The van der Waals surface area contributed by atoms with Crippen LogP contribution < -0.4 is 10.2 Å². The number of benzene rings is 1. The number of nitrogens with one attached hydrogen (secondary N) is 1. The second-order valence-electron chi connectivity index (χ2n) is 6.94. The number of aromatic nitrogens is 4. The van der Waals surface area contributed by atoms with Gasteiger partial charge in [-0.3, -0.25) is 9.78 Å². The van der Waals surface area contributed by atoms with Gasteiger partial charge in [-0.05, 0) is 38.1 Å². The fourth-order valence-corrected chi connectivity index (χ4v) is 3.93. The molecular formula is C21H22N6OS. The highest BCUT2D eigenvalue weighted by Gasteiger charge is 2.18. The molecule has 0 saturated carbocycles. The molecule has 4 rings (SSSR count). The summed E-state index contributed by atoms with van der Waals surface area (Å²) in [7, 11) is 1.87. The van der Waals surface area contributed by atoms with Gasteiger partial charge in [0.2, 0.25) is 5.91 Å². The van der Waals surface area contributed by atoms with Crippen molar-refractivity contribution in [2.75, 3.05) is 18.5 Å². The molecular weight excluding hydrogens is 384 g/mol. The lowest BCUT2D eigenvalue weighted by Gasteiger charge is -2.15. The number of anilines is 1. The number of carbonyl (C=O) groups excluding carboxylic acids is 1. The predicted molar refractivity (Wildman–Crippen MR) is 116 cm³/mol. The van der Waals surface area contributed by atoms with Gasteiger partial charge in [0.25, 0.3) is 0 Å². The van der Waals surface area contributed by atoms with Gasteiger partial charge in [0, 0.05) is 13.2 Å². The maximum Gasteiger partial charge on any atom is 0.239 e. The van der Waals surface area contributed by atoms with Crippen molar-refractivity contribution >= 4 is 32.7 Å². The van der Waals surface area contributed by atoms with E-state index in [1.54, 1.807) is 17.5 Å². The van der Waals surface area contributed by atoms with Gasteiger partial charge < -0.3 is 10.2 Å². The maximum absolute atomic E-state index is 12.3. The minimum absolute atomic E-state index is 0.0747. The van der Waals surface area contributed by atoms with Gasteiger partial charge in [-0.15, -0.1) is 0 Å². The molecule has 0 bridgehead atoms. The van der Waals surface area contributed by atoms with Crippen molar-refractivity contribution in [1.82, 2.24) is 25.1 Å². The van der Waals surface area contributed by atoms with E-state index in [0.29, 0.717) is 6.54 Å². The van der Waals surface area contributed by atoms with Crippen LogP contribution in [0.3, 0.4) is 0 Å². The SMILES string of the molecule is Cc1ccc(-n2nc(C)c3sc(N(C)CC(=O)NCc4ccccn4)nc32)cc1. The first-order valence-electron chi connectivity index (χ1n) is 9.32. The number of pyridine rings is 1. The molecule has 8 heteroatoms. The smallest absolute Gasteiger partial charge is 0.239 e. The zero-order valence-corrected chi connectivity index (χ0v) is 17.4. The van der Waals surface area contributed by atoms with Crippen LogP contribution in [0.2, 0.25) is 0 Å². The molecule has 3 heterocycles. The molecule has 0 fully saturated rings. The van der Waals surface area contributed by atoms with E-state index in [2.05, 4.69) is 34.5 Å². The second-order valence-corrected chi connectivity index (χ2v) is 7.91. The Balaban J connectivity index is 1.49. The monoisotopic (exact) mass is 406 g/mol. The van der Waals surface area contributed by atoms with E-state index in [4.69, 9.17) is 4.98 Å². The Bertz CT molecular complexity index is 1130. The summed E-state index contributed by atoms with van der Waals surface area (Å²) in [6, 6.07) is 13.8. The van der Waals surface area contributed by atoms with Crippen LogP contribution in [-0.4, -0.2) is 39.2 Å². The lowest BCUT2D eigenvalue weighted by Crippen LogP contribution is -2.34. The van der Waals surface area contributed by atoms with Crippen LogP contribution in [0.1, 0.15) is 17.0 Å². The zero-order chi connectivity index (χ0) is 20.4. The maximum atomic E-state index is 12.3. The fourth-order valence-electron chi connectivity index (χ4n) is 2.98. The van der Waals surface area contributed by atoms with Crippen molar-refractivity contribution in [2.24, 2.45) is 0 Å². The summed E-state index contributed by atoms with van der Waals surface area (Å²) in [6.45, 7) is 4.67. The van der Waals surface area contributed by atoms with Gasteiger partial charge in [0.15, 0.2) is 10.8 Å². The Labute approximate surface area is 173 Å².